The lowest BCUT2D eigenvalue weighted by molar-refractivity contribution is -0.119. The van der Waals surface area contributed by atoms with E-state index in [0.29, 0.717) is 17.9 Å². The second-order valence-electron chi connectivity index (χ2n) is 4.25. The molecule has 1 aromatic rings. The van der Waals surface area contributed by atoms with E-state index in [-0.39, 0.29) is 5.78 Å². The fourth-order valence-electron chi connectivity index (χ4n) is 1.45. The Morgan fingerprint density at radius 1 is 1.56 bits per heavy atom. The highest BCUT2D eigenvalue weighted by molar-refractivity contribution is 5.88. The summed E-state index contributed by atoms with van der Waals surface area (Å²) in [4.78, 5) is 15.8. The predicted octanol–water partition coefficient (Wildman–Crippen LogP) is 2.69. The van der Waals surface area contributed by atoms with Crippen molar-refractivity contribution in [2.45, 2.75) is 32.6 Å². The molecule has 0 aliphatic carbocycles. The molecule has 0 fully saturated rings. The van der Waals surface area contributed by atoms with E-state index in [2.05, 4.69) is 24.9 Å². The maximum Gasteiger partial charge on any atom is 0.154 e. The number of ketones is 1. The molecule has 0 bridgehead atoms. The first kappa shape index (κ1) is 12.4. The van der Waals surface area contributed by atoms with Gasteiger partial charge in [0, 0.05) is 18.8 Å². The van der Waals surface area contributed by atoms with Crippen LogP contribution in [0.5, 0.6) is 0 Å². The monoisotopic (exact) mass is 216 g/mol. The minimum atomic E-state index is -0.660. The van der Waals surface area contributed by atoms with Crippen molar-refractivity contribution in [1.29, 1.82) is 5.26 Å². The lowest BCUT2D eigenvalue weighted by Gasteiger charge is -2.09. The zero-order chi connectivity index (χ0) is 12.0. The molecule has 0 aromatic carbocycles. The van der Waals surface area contributed by atoms with Crippen LogP contribution in [0.4, 0.5) is 0 Å². The van der Waals surface area contributed by atoms with Crippen molar-refractivity contribution < 1.29 is 4.79 Å². The Kier molecular flexibility index (Phi) is 4.65. The molecule has 1 aromatic heterocycles. The van der Waals surface area contributed by atoms with Crippen LogP contribution in [0.1, 0.15) is 38.2 Å². The summed E-state index contributed by atoms with van der Waals surface area (Å²) in [6.45, 7) is 4.14. The normalized spacial score (nSPS) is 12.1. The van der Waals surface area contributed by atoms with Crippen molar-refractivity contribution >= 4 is 5.78 Å². The van der Waals surface area contributed by atoms with E-state index in [4.69, 9.17) is 5.26 Å². The number of carbonyl (C=O) groups is 1. The maximum atomic E-state index is 11.8. The van der Waals surface area contributed by atoms with Crippen molar-refractivity contribution in [3.05, 3.63) is 30.1 Å². The van der Waals surface area contributed by atoms with Crippen LogP contribution in [0.25, 0.3) is 0 Å². The summed E-state index contributed by atoms with van der Waals surface area (Å²) in [5.41, 5.74) is 0.693. The molecule has 16 heavy (non-hydrogen) atoms. The van der Waals surface area contributed by atoms with Crippen LogP contribution in [-0.2, 0) is 4.79 Å². The van der Waals surface area contributed by atoms with Gasteiger partial charge >= 0.3 is 0 Å². The predicted molar refractivity (Wildman–Crippen MR) is 61.7 cm³/mol. The Labute approximate surface area is 96.1 Å². The standard InChI is InChI=1S/C13H16N2O/c1-10(2)5-6-13(16)12(8-14)11-4-3-7-15-9-11/h3-4,7,9-10,12H,5-6H2,1-2H3. The molecule has 0 amide bonds. The van der Waals surface area contributed by atoms with Crippen molar-refractivity contribution in [3.63, 3.8) is 0 Å². The Balaban J connectivity index is 2.69. The van der Waals surface area contributed by atoms with Crippen LogP contribution in [-0.4, -0.2) is 10.8 Å². The van der Waals surface area contributed by atoms with Crippen LogP contribution in [0.2, 0.25) is 0 Å². The molecule has 3 heteroatoms. The second kappa shape index (κ2) is 6.02. The highest BCUT2D eigenvalue weighted by Gasteiger charge is 2.19. The molecular weight excluding hydrogens is 200 g/mol. The van der Waals surface area contributed by atoms with Gasteiger partial charge in [0.15, 0.2) is 5.78 Å². The summed E-state index contributed by atoms with van der Waals surface area (Å²) >= 11 is 0. The zero-order valence-electron chi connectivity index (χ0n) is 9.68. The zero-order valence-corrected chi connectivity index (χ0v) is 9.68. The van der Waals surface area contributed by atoms with Gasteiger partial charge in [-0.05, 0) is 24.0 Å². The number of hydrogen-bond acceptors (Lipinski definition) is 3. The number of nitriles is 1. The molecule has 0 aliphatic heterocycles. The van der Waals surface area contributed by atoms with Gasteiger partial charge in [0.05, 0.1) is 6.07 Å². The van der Waals surface area contributed by atoms with E-state index in [9.17, 15) is 4.79 Å². The minimum absolute atomic E-state index is 0.01000. The van der Waals surface area contributed by atoms with Crippen molar-refractivity contribution in [3.8, 4) is 6.07 Å². The fraction of sp³-hybridized carbons (Fsp3) is 0.462. The van der Waals surface area contributed by atoms with Crippen LogP contribution >= 0.6 is 0 Å². The molecule has 1 heterocycles. The molecule has 0 saturated heterocycles. The van der Waals surface area contributed by atoms with E-state index >= 15 is 0 Å². The van der Waals surface area contributed by atoms with E-state index < -0.39 is 5.92 Å². The third-order valence-electron chi connectivity index (χ3n) is 2.44. The molecule has 0 N–H and O–H groups in total. The third kappa shape index (κ3) is 3.47. The van der Waals surface area contributed by atoms with Gasteiger partial charge in [-0.25, -0.2) is 0 Å². The second-order valence-corrected chi connectivity index (χ2v) is 4.25. The number of pyridine rings is 1. The van der Waals surface area contributed by atoms with Crippen molar-refractivity contribution in [2.75, 3.05) is 0 Å². The summed E-state index contributed by atoms with van der Waals surface area (Å²) in [5.74, 6) is -0.186. The van der Waals surface area contributed by atoms with Crippen LogP contribution < -0.4 is 0 Å². The summed E-state index contributed by atoms with van der Waals surface area (Å²) < 4.78 is 0. The van der Waals surface area contributed by atoms with Gasteiger partial charge < -0.3 is 0 Å². The number of Topliss-reactive ketones (excluding diaryl/α,β-unsaturated/α-hetero) is 1. The fourth-order valence-corrected chi connectivity index (χ4v) is 1.45. The maximum absolute atomic E-state index is 11.8. The largest absolute Gasteiger partial charge is 0.298 e. The topological polar surface area (TPSA) is 53.8 Å². The van der Waals surface area contributed by atoms with Crippen LogP contribution in [0.3, 0.4) is 0 Å². The summed E-state index contributed by atoms with van der Waals surface area (Å²) in [6, 6.07) is 5.57. The Morgan fingerprint density at radius 2 is 2.31 bits per heavy atom. The smallest absolute Gasteiger partial charge is 0.154 e. The van der Waals surface area contributed by atoms with Gasteiger partial charge in [0.25, 0.3) is 0 Å². The number of nitrogens with zero attached hydrogens (tertiary/aromatic N) is 2. The summed E-state index contributed by atoms with van der Waals surface area (Å²) in [7, 11) is 0. The first-order valence-corrected chi connectivity index (χ1v) is 5.47. The number of hydrogen-bond donors (Lipinski definition) is 0. The first-order chi connectivity index (χ1) is 7.65. The van der Waals surface area contributed by atoms with E-state index in [1.165, 1.54) is 0 Å². The first-order valence-electron chi connectivity index (χ1n) is 5.47. The Bertz CT molecular complexity index is 379. The van der Waals surface area contributed by atoms with Gasteiger partial charge in [0.2, 0.25) is 0 Å². The number of carbonyl (C=O) groups excluding carboxylic acids is 1. The van der Waals surface area contributed by atoms with E-state index in [1.54, 1.807) is 24.5 Å². The quantitative estimate of drug-likeness (QED) is 0.760. The molecule has 0 radical (unpaired) electrons. The average Bonchev–Trinajstić information content (AvgIpc) is 2.29. The highest BCUT2D eigenvalue weighted by Crippen LogP contribution is 2.18. The van der Waals surface area contributed by atoms with Gasteiger partial charge in [-0.3, -0.25) is 9.78 Å². The molecule has 1 rings (SSSR count). The highest BCUT2D eigenvalue weighted by atomic mass is 16.1. The molecular formula is C13H16N2O. The molecule has 0 spiro atoms. The van der Waals surface area contributed by atoms with Gasteiger partial charge in [-0.2, -0.15) is 5.26 Å². The van der Waals surface area contributed by atoms with E-state index in [0.717, 1.165) is 6.42 Å². The lowest BCUT2D eigenvalue weighted by Crippen LogP contribution is -2.11. The lowest BCUT2D eigenvalue weighted by atomic mass is 9.93. The molecule has 84 valence electrons. The Hall–Kier alpha value is -1.69. The molecule has 1 unspecified atom stereocenters. The molecule has 0 aliphatic rings. The van der Waals surface area contributed by atoms with Crippen molar-refractivity contribution in [2.24, 2.45) is 5.92 Å². The van der Waals surface area contributed by atoms with Crippen LogP contribution in [0.15, 0.2) is 24.5 Å². The summed E-state index contributed by atoms with van der Waals surface area (Å²) in [5, 5.41) is 9.02. The van der Waals surface area contributed by atoms with Gasteiger partial charge in [-0.1, -0.05) is 19.9 Å². The molecule has 1 atom stereocenters. The SMILES string of the molecule is CC(C)CCC(=O)C(C#N)c1cccnc1. The van der Waals surface area contributed by atoms with Crippen molar-refractivity contribution in [1.82, 2.24) is 4.98 Å². The third-order valence-corrected chi connectivity index (χ3v) is 2.44. The average molecular weight is 216 g/mol. The minimum Gasteiger partial charge on any atom is -0.298 e. The number of aromatic nitrogens is 1. The van der Waals surface area contributed by atoms with Gasteiger partial charge in [-0.15, -0.1) is 0 Å². The number of rotatable bonds is 5. The Morgan fingerprint density at radius 3 is 2.81 bits per heavy atom. The van der Waals surface area contributed by atoms with Crippen LogP contribution in [0, 0.1) is 17.2 Å². The molecule has 0 saturated carbocycles. The van der Waals surface area contributed by atoms with E-state index in [1.807, 2.05) is 0 Å². The molecule has 3 nitrogen and oxygen atoms in total. The van der Waals surface area contributed by atoms with Gasteiger partial charge in [0.1, 0.15) is 5.92 Å². The summed E-state index contributed by atoms with van der Waals surface area (Å²) in [6.07, 6.45) is 4.51.